The van der Waals surface area contributed by atoms with Crippen LogP contribution in [0.3, 0.4) is 0 Å². The Kier molecular flexibility index (Phi) is 3.86. The van der Waals surface area contributed by atoms with Gasteiger partial charge >= 0.3 is 5.97 Å². The van der Waals surface area contributed by atoms with E-state index in [1.807, 2.05) is 6.07 Å². The van der Waals surface area contributed by atoms with Crippen molar-refractivity contribution < 1.29 is 14.3 Å². The van der Waals surface area contributed by atoms with Gasteiger partial charge in [-0.05, 0) is 18.2 Å². The van der Waals surface area contributed by atoms with E-state index in [9.17, 15) is 4.79 Å². The third-order valence-corrected chi connectivity index (χ3v) is 3.05. The van der Waals surface area contributed by atoms with Crippen LogP contribution in [-0.2, 0) is 9.47 Å². The molecule has 2 rings (SSSR count). The summed E-state index contributed by atoms with van der Waals surface area (Å²) in [5, 5.41) is 0.417. The molecule has 0 bridgehead atoms. The van der Waals surface area contributed by atoms with Gasteiger partial charge < -0.3 is 14.4 Å². The van der Waals surface area contributed by atoms with Crippen molar-refractivity contribution in [3.63, 3.8) is 0 Å². The molecule has 1 aliphatic heterocycles. The number of anilines is 1. The standard InChI is InChI=1S/C12H14ClNO3/c1-16-12(15)10-3-2-9(8-11(10)13)14-4-6-17-7-5-14/h2-3,8H,4-7H2,1H3. The average molecular weight is 256 g/mol. The molecule has 4 nitrogen and oxygen atoms in total. The minimum Gasteiger partial charge on any atom is -0.465 e. The van der Waals surface area contributed by atoms with Gasteiger partial charge in [-0.15, -0.1) is 0 Å². The molecule has 1 heterocycles. The summed E-state index contributed by atoms with van der Waals surface area (Å²) in [7, 11) is 1.34. The minimum atomic E-state index is -0.413. The Morgan fingerprint density at radius 1 is 1.41 bits per heavy atom. The smallest absolute Gasteiger partial charge is 0.339 e. The van der Waals surface area contributed by atoms with Crippen molar-refractivity contribution in [1.82, 2.24) is 0 Å². The zero-order chi connectivity index (χ0) is 12.3. The number of esters is 1. The molecule has 0 aliphatic carbocycles. The first kappa shape index (κ1) is 12.2. The van der Waals surface area contributed by atoms with Gasteiger partial charge in [-0.25, -0.2) is 4.79 Å². The Morgan fingerprint density at radius 2 is 2.12 bits per heavy atom. The lowest BCUT2D eigenvalue weighted by Crippen LogP contribution is -2.36. The highest BCUT2D eigenvalue weighted by Gasteiger charge is 2.15. The molecule has 0 atom stereocenters. The number of hydrogen-bond donors (Lipinski definition) is 0. The predicted octanol–water partition coefficient (Wildman–Crippen LogP) is 1.96. The maximum Gasteiger partial charge on any atom is 0.339 e. The summed E-state index contributed by atoms with van der Waals surface area (Å²) < 4.78 is 9.93. The molecule has 1 aromatic rings. The van der Waals surface area contributed by atoms with Crippen LogP contribution >= 0.6 is 11.6 Å². The summed E-state index contributed by atoms with van der Waals surface area (Å²) in [6.07, 6.45) is 0. The number of methoxy groups -OCH3 is 1. The first-order valence-corrected chi connectivity index (χ1v) is 5.80. The van der Waals surface area contributed by atoms with Crippen LogP contribution in [-0.4, -0.2) is 39.4 Å². The monoisotopic (exact) mass is 255 g/mol. The SMILES string of the molecule is COC(=O)c1ccc(N2CCOCC2)cc1Cl. The van der Waals surface area contributed by atoms with Gasteiger partial charge in [-0.3, -0.25) is 0 Å². The number of nitrogens with zero attached hydrogens (tertiary/aromatic N) is 1. The first-order valence-electron chi connectivity index (χ1n) is 5.43. The zero-order valence-corrected chi connectivity index (χ0v) is 10.4. The van der Waals surface area contributed by atoms with E-state index < -0.39 is 5.97 Å². The summed E-state index contributed by atoms with van der Waals surface area (Å²) in [5.41, 5.74) is 1.40. The van der Waals surface area contributed by atoms with Crippen molar-refractivity contribution >= 4 is 23.3 Å². The Balaban J connectivity index is 2.20. The number of benzene rings is 1. The number of ether oxygens (including phenoxy) is 2. The highest BCUT2D eigenvalue weighted by molar-refractivity contribution is 6.33. The number of halogens is 1. The van der Waals surface area contributed by atoms with Crippen LogP contribution in [0.1, 0.15) is 10.4 Å². The Morgan fingerprint density at radius 3 is 2.71 bits per heavy atom. The maximum absolute atomic E-state index is 11.4. The van der Waals surface area contributed by atoms with Crippen LogP contribution in [0.15, 0.2) is 18.2 Å². The fourth-order valence-electron chi connectivity index (χ4n) is 1.80. The van der Waals surface area contributed by atoms with E-state index in [0.29, 0.717) is 10.6 Å². The van der Waals surface area contributed by atoms with Crippen LogP contribution in [0.2, 0.25) is 5.02 Å². The van der Waals surface area contributed by atoms with Gasteiger partial charge in [0, 0.05) is 18.8 Å². The molecule has 17 heavy (non-hydrogen) atoms. The Labute approximate surface area is 105 Å². The fourth-order valence-corrected chi connectivity index (χ4v) is 2.05. The van der Waals surface area contributed by atoms with Gasteiger partial charge in [-0.2, -0.15) is 0 Å². The second-order valence-corrected chi connectivity index (χ2v) is 4.16. The normalized spacial score (nSPS) is 15.8. The van der Waals surface area contributed by atoms with Crippen LogP contribution < -0.4 is 4.90 Å². The summed E-state index contributed by atoms with van der Waals surface area (Å²) in [6.45, 7) is 3.12. The van der Waals surface area contributed by atoms with E-state index in [0.717, 1.165) is 32.0 Å². The second-order valence-electron chi connectivity index (χ2n) is 3.76. The Hall–Kier alpha value is -1.26. The van der Waals surface area contributed by atoms with Gasteiger partial charge in [0.25, 0.3) is 0 Å². The zero-order valence-electron chi connectivity index (χ0n) is 9.61. The van der Waals surface area contributed by atoms with E-state index in [1.54, 1.807) is 12.1 Å². The lowest BCUT2D eigenvalue weighted by atomic mass is 10.2. The number of carbonyl (C=O) groups excluding carboxylic acids is 1. The van der Waals surface area contributed by atoms with E-state index in [2.05, 4.69) is 9.64 Å². The van der Waals surface area contributed by atoms with E-state index in [4.69, 9.17) is 16.3 Å². The summed E-state index contributed by atoms with van der Waals surface area (Å²) in [4.78, 5) is 13.6. The van der Waals surface area contributed by atoms with E-state index in [1.165, 1.54) is 7.11 Å². The Bertz CT molecular complexity index is 416. The molecule has 5 heteroatoms. The summed E-state index contributed by atoms with van der Waals surface area (Å²) in [6, 6.07) is 5.36. The minimum absolute atomic E-state index is 0.395. The third-order valence-electron chi connectivity index (χ3n) is 2.73. The summed E-state index contributed by atoms with van der Waals surface area (Å²) >= 11 is 6.06. The number of morpholine rings is 1. The molecule has 0 radical (unpaired) electrons. The van der Waals surface area contributed by atoms with Crippen LogP contribution in [0, 0.1) is 0 Å². The van der Waals surface area contributed by atoms with Gasteiger partial charge in [0.1, 0.15) is 0 Å². The molecule has 1 aliphatic rings. The molecule has 0 amide bonds. The molecular formula is C12H14ClNO3. The molecule has 0 unspecified atom stereocenters. The van der Waals surface area contributed by atoms with Crippen LogP contribution in [0.5, 0.6) is 0 Å². The fraction of sp³-hybridized carbons (Fsp3) is 0.417. The molecule has 0 aromatic heterocycles. The van der Waals surface area contributed by atoms with Crippen LogP contribution in [0.4, 0.5) is 5.69 Å². The molecule has 92 valence electrons. The molecule has 0 saturated carbocycles. The van der Waals surface area contributed by atoms with Gasteiger partial charge in [0.2, 0.25) is 0 Å². The van der Waals surface area contributed by atoms with Crippen molar-refractivity contribution in [2.24, 2.45) is 0 Å². The first-order chi connectivity index (χ1) is 8.22. The lowest BCUT2D eigenvalue weighted by molar-refractivity contribution is 0.0601. The van der Waals surface area contributed by atoms with E-state index >= 15 is 0 Å². The maximum atomic E-state index is 11.4. The highest BCUT2D eigenvalue weighted by Crippen LogP contribution is 2.24. The van der Waals surface area contributed by atoms with Gasteiger partial charge in [0.05, 0.1) is 30.9 Å². The van der Waals surface area contributed by atoms with Crippen molar-refractivity contribution in [2.75, 3.05) is 38.3 Å². The molecule has 1 saturated heterocycles. The van der Waals surface area contributed by atoms with Gasteiger partial charge in [0.15, 0.2) is 0 Å². The number of carbonyl (C=O) groups is 1. The summed E-state index contributed by atoms with van der Waals surface area (Å²) in [5.74, 6) is -0.413. The molecule has 0 spiro atoms. The molecule has 0 N–H and O–H groups in total. The molecule has 1 aromatic carbocycles. The topological polar surface area (TPSA) is 38.8 Å². The van der Waals surface area contributed by atoms with E-state index in [-0.39, 0.29) is 0 Å². The predicted molar refractivity (Wildman–Crippen MR) is 65.8 cm³/mol. The molecular weight excluding hydrogens is 242 g/mol. The largest absolute Gasteiger partial charge is 0.465 e. The van der Waals surface area contributed by atoms with Crippen LogP contribution in [0.25, 0.3) is 0 Å². The van der Waals surface area contributed by atoms with Crippen molar-refractivity contribution in [2.45, 2.75) is 0 Å². The van der Waals surface area contributed by atoms with Gasteiger partial charge in [-0.1, -0.05) is 11.6 Å². The highest BCUT2D eigenvalue weighted by atomic mass is 35.5. The van der Waals surface area contributed by atoms with Crippen molar-refractivity contribution in [3.05, 3.63) is 28.8 Å². The number of rotatable bonds is 2. The van der Waals surface area contributed by atoms with Crippen molar-refractivity contribution in [3.8, 4) is 0 Å². The lowest BCUT2D eigenvalue weighted by Gasteiger charge is -2.29. The van der Waals surface area contributed by atoms with Crippen molar-refractivity contribution in [1.29, 1.82) is 0 Å². The quantitative estimate of drug-likeness (QED) is 0.758. The second kappa shape index (κ2) is 5.38. The average Bonchev–Trinajstić information content (AvgIpc) is 2.39. The molecule has 1 fully saturated rings. The number of hydrogen-bond acceptors (Lipinski definition) is 4. The third kappa shape index (κ3) is 2.70.